The summed E-state index contributed by atoms with van der Waals surface area (Å²) in [5.74, 6) is 0. The molecule has 292 valence electrons. The van der Waals surface area contributed by atoms with Crippen molar-refractivity contribution in [3.05, 3.63) is 217 Å². The first kappa shape index (κ1) is 36.7. The summed E-state index contributed by atoms with van der Waals surface area (Å²) in [5, 5.41) is 4.71. The second kappa shape index (κ2) is 15.0. The lowest BCUT2D eigenvalue weighted by molar-refractivity contribution is 0.670. The Morgan fingerprint density at radius 2 is 0.852 bits per heavy atom. The van der Waals surface area contributed by atoms with Crippen LogP contribution in [0.2, 0.25) is 0 Å². The Kier molecular flexibility index (Phi) is 9.02. The van der Waals surface area contributed by atoms with E-state index >= 15 is 0 Å². The maximum atomic E-state index is 6.83. The van der Waals surface area contributed by atoms with Crippen LogP contribution >= 0.6 is 11.3 Å². The number of hydrogen-bond acceptors (Lipinski definition) is 4. The summed E-state index contributed by atoms with van der Waals surface area (Å²) < 4.78 is 9.38. The Morgan fingerprint density at radius 3 is 1.48 bits per heavy atom. The minimum absolute atomic E-state index is 0.877. The molecule has 11 aromatic rings. The number of thiophene rings is 1. The number of benzene rings is 9. The van der Waals surface area contributed by atoms with E-state index in [1.54, 1.807) is 0 Å². The van der Waals surface area contributed by atoms with Gasteiger partial charge in [-0.05, 0) is 128 Å². The quantitative estimate of drug-likeness (QED) is 0.153. The van der Waals surface area contributed by atoms with Gasteiger partial charge in [0.05, 0.1) is 0 Å². The van der Waals surface area contributed by atoms with Gasteiger partial charge in [0.25, 0.3) is 0 Å². The van der Waals surface area contributed by atoms with E-state index in [0.717, 1.165) is 67.2 Å². The summed E-state index contributed by atoms with van der Waals surface area (Å²) in [6, 6.07) is 72.6. The Hall–Kier alpha value is -7.40. The van der Waals surface area contributed by atoms with Gasteiger partial charge in [-0.25, -0.2) is 0 Å². The standard InChI is InChI=1S/C57H42N2OS/c1-37-22-26-44(27-23-37)58(42-14-6-4-7-15-42)46-33-50(56-52(35-46)48-18-10-12-20-54(48)60-56)40-30-39(3)31-41(32-40)51-34-47(36-53-49-19-11-13-21-55(49)61-57(51)53)59(43-16-8-5-9-17-43)45-28-24-38(2)25-29-45/h4-36H,1-3H3. The molecule has 0 bridgehead atoms. The van der Waals surface area contributed by atoms with Crippen molar-refractivity contribution in [3.8, 4) is 22.3 Å². The van der Waals surface area contributed by atoms with Crippen molar-refractivity contribution in [1.82, 2.24) is 0 Å². The van der Waals surface area contributed by atoms with Gasteiger partial charge in [-0.1, -0.05) is 120 Å². The number of para-hydroxylation sites is 3. The van der Waals surface area contributed by atoms with Crippen LogP contribution in [-0.4, -0.2) is 0 Å². The van der Waals surface area contributed by atoms with Crippen molar-refractivity contribution in [3.63, 3.8) is 0 Å². The molecule has 0 N–H and O–H groups in total. The van der Waals surface area contributed by atoms with Crippen LogP contribution in [0.25, 0.3) is 64.4 Å². The maximum absolute atomic E-state index is 6.83. The Balaban J connectivity index is 1.17. The molecule has 0 amide bonds. The number of aryl methyl sites for hydroxylation is 3. The smallest absolute Gasteiger partial charge is 0.143 e. The average Bonchev–Trinajstić information content (AvgIpc) is 3.87. The highest BCUT2D eigenvalue weighted by atomic mass is 32.1. The van der Waals surface area contributed by atoms with E-state index < -0.39 is 0 Å². The Bertz CT molecular complexity index is 3160. The zero-order valence-electron chi connectivity index (χ0n) is 34.3. The monoisotopic (exact) mass is 802 g/mol. The number of rotatable bonds is 8. The third-order valence-corrected chi connectivity index (χ3v) is 13.0. The SMILES string of the molecule is Cc1ccc(N(c2ccccc2)c2cc(-c3cc(C)cc(-c4cc(N(c5ccccc5)c5ccc(C)cc5)cc5c4sc4ccccc45)c3)c3oc4ccccc4c3c2)cc1. The van der Waals surface area contributed by atoms with E-state index in [1.165, 1.54) is 48.0 Å². The average molecular weight is 803 g/mol. The van der Waals surface area contributed by atoms with Crippen LogP contribution in [0.4, 0.5) is 34.1 Å². The molecule has 11 rings (SSSR count). The molecule has 2 aromatic heterocycles. The van der Waals surface area contributed by atoms with Crippen molar-refractivity contribution >= 4 is 87.6 Å². The Morgan fingerprint density at radius 1 is 0.361 bits per heavy atom. The van der Waals surface area contributed by atoms with Crippen LogP contribution < -0.4 is 9.80 Å². The molecule has 0 atom stereocenters. The lowest BCUT2D eigenvalue weighted by atomic mass is 9.93. The van der Waals surface area contributed by atoms with Gasteiger partial charge in [0, 0.05) is 76.2 Å². The van der Waals surface area contributed by atoms with Crippen molar-refractivity contribution in [2.45, 2.75) is 20.8 Å². The van der Waals surface area contributed by atoms with E-state index in [4.69, 9.17) is 4.42 Å². The highest BCUT2D eigenvalue weighted by Gasteiger charge is 2.22. The normalized spacial score (nSPS) is 11.5. The fraction of sp³-hybridized carbons (Fsp3) is 0.0526. The summed E-state index contributed by atoms with van der Waals surface area (Å²) in [5.41, 5.74) is 16.5. The second-order valence-corrected chi connectivity index (χ2v) is 17.1. The van der Waals surface area contributed by atoms with Crippen LogP contribution in [0, 0.1) is 20.8 Å². The molecule has 0 aliphatic heterocycles. The lowest BCUT2D eigenvalue weighted by Crippen LogP contribution is -2.10. The largest absolute Gasteiger partial charge is 0.455 e. The van der Waals surface area contributed by atoms with E-state index in [9.17, 15) is 0 Å². The van der Waals surface area contributed by atoms with Gasteiger partial charge in [-0.2, -0.15) is 0 Å². The molecule has 4 heteroatoms. The summed E-state index contributed by atoms with van der Waals surface area (Å²) in [6.45, 7) is 6.49. The van der Waals surface area contributed by atoms with Gasteiger partial charge in [-0.15, -0.1) is 11.3 Å². The number of fused-ring (bicyclic) bond motifs is 6. The van der Waals surface area contributed by atoms with Crippen LogP contribution in [-0.2, 0) is 0 Å². The summed E-state index contributed by atoms with van der Waals surface area (Å²) >= 11 is 1.87. The van der Waals surface area contributed by atoms with Gasteiger partial charge < -0.3 is 14.2 Å². The number of anilines is 6. The summed E-state index contributed by atoms with van der Waals surface area (Å²) in [6.07, 6.45) is 0. The van der Waals surface area contributed by atoms with Crippen LogP contribution in [0.15, 0.2) is 205 Å². The van der Waals surface area contributed by atoms with Crippen LogP contribution in [0.5, 0.6) is 0 Å². The van der Waals surface area contributed by atoms with Crippen molar-refractivity contribution in [1.29, 1.82) is 0 Å². The lowest BCUT2D eigenvalue weighted by Gasteiger charge is -2.27. The zero-order chi connectivity index (χ0) is 41.0. The molecule has 0 saturated heterocycles. The van der Waals surface area contributed by atoms with E-state index in [2.05, 4.69) is 231 Å². The predicted octanol–water partition coefficient (Wildman–Crippen LogP) is 17.2. The van der Waals surface area contributed by atoms with Crippen molar-refractivity contribution < 1.29 is 4.42 Å². The molecule has 61 heavy (non-hydrogen) atoms. The minimum Gasteiger partial charge on any atom is -0.455 e. The van der Waals surface area contributed by atoms with Gasteiger partial charge in [0.1, 0.15) is 11.2 Å². The molecule has 2 heterocycles. The topological polar surface area (TPSA) is 19.6 Å². The fourth-order valence-corrected chi connectivity index (χ4v) is 10.1. The third kappa shape index (κ3) is 6.62. The van der Waals surface area contributed by atoms with E-state index in [-0.39, 0.29) is 0 Å². The zero-order valence-corrected chi connectivity index (χ0v) is 35.1. The first-order valence-corrected chi connectivity index (χ1v) is 21.6. The molecule has 0 saturated carbocycles. The van der Waals surface area contributed by atoms with E-state index in [0.29, 0.717) is 0 Å². The highest BCUT2D eigenvalue weighted by molar-refractivity contribution is 7.26. The Labute approximate surface area is 360 Å². The molecular formula is C57H42N2OS. The summed E-state index contributed by atoms with van der Waals surface area (Å²) in [4.78, 5) is 4.74. The number of hydrogen-bond donors (Lipinski definition) is 0. The molecule has 0 fully saturated rings. The highest BCUT2D eigenvalue weighted by Crippen LogP contribution is 2.48. The predicted molar refractivity (Wildman–Crippen MR) is 261 cm³/mol. The molecule has 0 aliphatic carbocycles. The first-order valence-electron chi connectivity index (χ1n) is 20.8. The molecule has 0 spiro atoms. The van der Waals surface area contributed by atoms with Crippen LogP contribution in [0.1, 0.15) is 16.7 Å². The van der Waals surface area contributed by atoms with E-state index in [1.807, 2.05) is 11.3 Å². The van der Waals surface area contributed by atoms with Gasteiger partial charge in [0.15, 0.2) is 0 Å². The number of nitrogens with zero attached hydrogens (tertiary/aromatic N) is 2. The van der Waals surface area contributed by atoms with Crippen molar-refractivity contribution in [2.75, 3.05) is 9.80 Å². The molecule has 9 aromatic carbocycles. The first-order chi connectivity index (χ1) is 29.9. The molecule has 3 nitrogen and oxygen atoms in total. The molecule has 0 radical (unpaired) electrons. The molecular weight excluding hydrogens is 761 g/mol. The second-order valence-electron chi connectivity index (χ2n) is 16.0. The van der Waals surface area contributed by atoms with Crippen molar-refractivity contribution in [2.24, 2.45) is 0 Å². The minimum atomic E-state index is 0.877. The molecule has 0 unspecified atom stereocenters. The fourth-order valence-electron chi connectivity index (χ4n) is 8.84. The number of furan rings is 1. The van der Waals surface area contributed by atoms with Gasteiger partial charge >= 0.3 is 0 Å². The van der Waals surface area contributed by atoms with Crippen LogP contribution in [0.3, 0.4) is 0 Å². The van der Waals surface area contributed by atoms with Gasteiger partial charge in [-0.3, -0.25) is 0 Å². The molecule has 0 aliphatic rings. The third-order valence-electron chi connectivity index (χ3n) is 11.8. The summed E-state index contributed by atoms with van der Waals surface area (Å²) in [7, 11) is 0. The maximum Gasteiger partial charge on any atom is 0.143 e. The van der Waals surface area contributed by atoms with Gasteiger partial charge in [0.2, 0.25) is 0 Å².